The number of nitrogens with zero attached hydrogens (tertiary/aromatic N) is 1. The van der Waals surface area contributed by atoms with E-state index in [-0.39, 0.29) is 15.6 Å². The second-order valence-corrected chi connectivity index (χ2v) is 8.69. The van der Waals surface area contributed by atoms with Crippen LogP contribution >= 0.6 is 11.3 Å². The normalized spacial score (nSPS) is 13.0. The van der Waals surface area contributed by atoms with Crippen LogP contribution < -0.4 is 10.0 Å². The van der Waals surface area contributed by atoms with Crippen molar-refractivity contribution in [2.75, 3.05) is 11.8 Å². The Hall–Kier alpha value is -3.08. The number of hydrogen-bond donors (Lipinski definition) is 4. The SMILES string of the molecule is CN/C(=C\C=N)c1ccccc1C(O)c1ccc(S(=O)(=O)Nc2nccs2)cc1F. The Kier molecular flexibility index (Phi) is 6.60. The zero-order chi connectivity index (χ0) is 21.7. The molecule has 1 aromatic heterocycles. The standard InChI is InChI=1S/C20H19FN4O3S2/c1-23-18(8-9-22)14-4-2-3-5-15(14)19(26)16-7-6-13(12-17(16)21)30(27,28)25-20-24-10-11-29-20/h2-12,19,22-23,26H,1H3,(H,24,25)/b18-8-,22-9?. The molecule has 0 aliphatic carbocycles. The molecule has 0 aliphatic rings. The van der Waals surface area contributed by atoms with Crippen LogP contribution in [0.25, 0.3) is 5.70 Å². The fraction of sp³-hybridized carbons (Fsp3) is 0.100. The van der Waals surface area contributed by atoms with Crippen molar-refractivity contribution in [2.45, 2.75) is 11.0 Å². The van der Waals surface area contributed by atoms with E-state index in [1.807, 2.05) is 0 Å². The molecule has 0 spiro atoms. The van der Waals surface area contributed by atoms with E-state index in [9.17, 15) is 17.9 Å². The van der Waals surface area contributed by atoms with Crippen molar-refractivity contribution in [1.29, 1.82) is 5.41 Å². The van der Waals surface area contributed by atoms with Crippen LogP contribution in [0.2, 0.25) is 0 Å². The van der Waals surface area contributed by atoms with Gasteiger partial charge in [0.2, 0.25) is 0 Å². The predicted octanol–water partition coefficient (Wildman–Crippen LogP) is 3.37. The summed E-state index contributed by atoms with van der Waals surface area (Å²) < 4.78 is 42.0. The van der Waals surface area contributed by atoms with Gasteiger partial charge in [-0.05, 0) is 23.8 Å². The van der Waals surface area contributed by atoms with E-state index in [0.717, 1.165) is 23.6 Å². The highest BCUT2D eigenvalue weighted by Gasteiger charge is 2.23. The number of aromatic nitrogens is 1. The molecule has 0 saturated heterocycles. The summed E-state index contributed by atoms with van der Waals surface area (Å²) in [6.45, 7) is 0. The summed E-state index contributed by atoms with van der Waals surface area (Å²) in [5.41, 5.74) is 1.51. The van der Waals surface area contributed by atoms with E-state index >= 15 is 0 Å². The van der Waals surface area contributed by atoms with Crippen LogP contribution in [0.3, 0.4) is 0 Å². The van der Waals surface area contributed by atoms with E-state index in [1.54, 1.807) is 36.7 Å². The Morgan fingerprint density at radius 3 is 2.67 bits per heavy atom. The first kappa shape index (κ1) is 21.6. The van der Waals surface area contributed by atoms with E-state index in [1.165, 1.54) is 24.4 Å². The van der Waals surface area contributed by atoms with Crippen molar-refractivity contribution in [2.24, 2.45) is 0 Å². The van der Waals surface area contributed by atoms with Gasteiger partial charge in [0.05, 0.1) is 4.90 Å². The quantitative estimate of drug-likeness (QED) is 0.396. The van der Waals surface area contributed by atoms with Crippen molar-refractivity contribution in [3.8, 4) is 0 Å². The van der Waals surface area contributed by atoms with Crippen LogP contribution in [-0.4, -0.2) is 31.8 Å². The summed E-state index contributed by atoms with van der Waals surface area (Å²) in [6, 6.07) is 10.2. The molecule has 0 aliphatic heterocycles. The van der Waals surface area contributed by atoms with Crippen molar-refractivity contribution < 1.29 is 17.9 Å². The van der Waals surface area contributed by atoms with Crippen molar-refractivity contribution in [1.82, 2.24) is 10.3 Å². The number of halogens is 1. The number of aliphatic hydroxyl groups excluding tert-OH is 1. The molecule has 7 nitrogen and oxygen atoms in total. The Morgan fingerprint density at radius 1 is 1.27 bits per heavy atom. The number of thiazole rings is 1. The van der Waals surface area contributed by atoms with Gasteiger partial charge in [0, 0.05) is 41.7 Å². The summed E-state index contributed by atoms with van der Waals surface area (Å²) in [4.78, 5) is 3.57. The molecule has 4 N–H and O–H groups in total. The molecule has 3 aromatic rings. The number of allylic oxidation sites excluding steroid dienone is 1. The Balaban J connectivity index is 1.96. The van der Waals surface area contributed by atoms with Crippen LogP contribution in [0, 0.1) is 11.2 Å². The van der Waals surface area contributed by atoms with Crippen LogP contribution in [-0.2, 0) is 10.0 Å². The van der Waals surface area contributed by atoms with Gasteiger partial charge in [0.15, 0.2) is 5.13 Å². The molecule has 2 aromatic carbocycles. The molecular formula is C20H19FN4O3S2. The molecular weight excluding hydrogens is 427 g/mol. The fourth-order valence-corrected chi connectivity index (χ4v) is 4.68. The molecule has 0 fully saturated rings. The zero-order valence-corrected chi connectivity index (χ0v) is 17.5. The highest BCUT2D eigenvalue weighted by Crippen LogP contribution is 2.31. The van der Waals surface area contributed by atoms with Crippen molar-refractivity contribution in [3.63, 3.8) is 0 Å². The monoisotopic (exact) mass is 446 g/mol. The first-order valence-electron chi connectivity index (χ1n) is 8.75. The molecule has 1 heterocycles. The molecule has 0 amide bonds. The van der Waals surface area contributed by atoms with Gasteiger partial charge in [-0.15, -0.1) is 11.3 Å². The maximum absolute atomic E-state index is 14.8. The third-order valence-electron chi connectivity index (χ3n) is 4.30. The first-order chi connectivity index (χ1) is 14.4. The molecule has 0 saturated carbocycles. The minimum absolute atomic E-state index is 0.0686. The second-order valence-electron chi connectivity index (χ2n) is 6.11. The van der Waals surface area contributed by atoms with Gasteiger partial charge in [-0.1, -0.05) is 30.3 Å². The Bertz CT molecular complexity index is 1180. The number of rotatable bonds is 8. The summed E-state index contributed by atoms with van der Waals surface area (Å²) in [6.07, 6.45) is 2.73. The van der Waals surface area contributed by atoms with Crippen LogP contribution in [0.1, 0.15) is 22.8 Å². The number of hydrogen-bond acceptors (Lipinski definition) is 7. The minimum atomic E-state index is -4.01. The molecule has 1 atom stereocenters. The summed E-state index contributed by atoms with van der Waals surface area (Å²) >= 11 is 1.10. The second kappa shape index (κ2) is 9.16. The fourth-order valence-electron chi connectivity index (χ4n) is 2.88. The van der Waals surface area contributed by atoms with E-state index in [0.29, 0.717) is 16.8 Å². The van der Waals surface area contributed by atoms with Crippen LogP contribution in [0.15, 0.2) is 65.0 Å². The molecule has 0 radical (unpaired) electrons. The van der Waals surface area contributed by atoms with Gasteiger partial charge in [-0.3, -0.25) is 4.72 Å². The number of benzene rings is 2. The molecule has 156 valence electrons. The molecule has 30 heavy (non-hydrogen) atoms. The van der Waals surface area contributed by atoms with E-state index in [4.69, 9.17) is 5.41 Å². The van der Waals surface area contributed by atoms with Crippen molar-refractivity contribution >= 4 is 38.4 Å². The molecule has 10 heteroatoms. The maximum Gasteiger partial charge on any atom is 0.263 e. The molecule has 1 unspecified atom stereocenters. The average Bonchev–Trinajstić information content (AvgIpc) is 3.24. The van der Waals surface area contributed by atoms with Gasteiger partial charge in [-0.2, -0.15) is 0 Å². The lowest BCUT2D eigenvalue weighted by atomic mass is 9.94. The zero-order valence-electron chi connectivity index (χ0n) is 15.8. The molecule has 0 bridgehead atoms. The van der Waals surface area contributed by atoms with Gasteiger partial charge < -0.3 is 15.8 Å². The van der Waals surface area contributed by atoms with Crippen molar-refractivity contribution in [3.05, 3.63) is 82.6 Å². The predicted molar refractivity (Wildman–Crippen MR) is 116 cm³/mol. The number of anilines is 1. The third-order valence-corrected chi connectivity index (χ3v) is 6.45. The summed E-state index contributed by atoms with van der Waals surface area (Å²) in [5, 5.41) is 22.9. The topological polar surface area (TPSA) is 115 Å². The van der Waals surface area contributed by atoms with Gasteiger partial charge in [0.25, 0.3) is 10.0 Å². The number of nitrogens with one attached hydrogen (secondary N) is 3. The van der Waals surface area contributed by atoms with Gasteiger partial charge in [-0.25, -0.2) is 17.8 Å². The highest BCUT2D eigenvalue weighted by atomic mass is 32.2. The lowest BCUT2D eigenvalue weighted by Gasteiger charge is -2.18. The lowest BCUT2D eigenvalue weighted by Crippen LogP contribution is -2.14. The minimum Gasteiger partial charge on any atom is -0.388 e. The van der Waals surface area contributed by atoms with Crippen LogP contribution in [0.4, 0.5) is 9.52 Å². The smallest absolute Gasteiger partial charge is 0.263 e. The highest BCUT2D eigenvalue weighted by molar-refractivity contribution is 7.93. The maximum atomic E-state index is 14.8. The third kappa shape index (κ3) is 4.56. The lowest BCUT2D eigenvalue weighted by molar-refractivity contribution is 0.214. The average molecular weight is 447 g/mol. The summed E-state index contributed by atoms with van der Waals surface area (Å²) in [7, 11) is -2.34. The largest absolute Gasteiger partial charge is 0.388 e. The van der Waals surface area contributed by atoms with Gasteiger partial charge >= 0.3 is 0 Å². The summed E-state index contributed by atoms with van der Waals surface area (Å²) in [5.74, 6) is -0.860. The van der Waals surface area contributed by atoms with E-state index in [2.05, 4.69) is 15.0 Å². The number of aliphatic hydroxyl groups is 1. The Labute approximate surface area is 177 Å². The van der Waals surface area contributed by atoms with E-state index < -0.39 is 21.9 Å². The Morgan fingerprint density at radius 2 is 2.03 bits per heavy atom. The number of sulfonamides is 1. The van der Waals surface area contributed by atoms with Gasteiger partial charge in [0.1, 0.15) is 11.9 Å². The first-order valence-corrected chi connectivity index (χ1v) is 11.1. The van der Waals surface area contributed by atoms with Crippen LogP contribution in [0.5, 0.6) is 0 Å². The molecule has 3 rings (SSSR count).